The van der Waals surface area contributed by atoms with Crippen LogP contribution in [0.5, 0.6) is 0 Å². The molecule has 2 aromatic rings. The Hall–Kier alpha value is -3.00. The minimum atomic E-state index is -1.56. The second-order valence-electron chi connectivity index (χ2n) is 6.31. The third-order valence-electron chi connectivity index (χ3n) is 4.62. The molecule has 1 fully saturated rings. The number of H-pyrrole nitrogens is 1. The van der Waals surface area contributed by atoms with Gasteiger partial charge in [0.05, 0.1) is 5.02 Å². The summed E-state index contributed by atoms with van der Waals surface area (Å²) in [6.07, 6.45) is 3.30. The lowest BCUT2D eigenvalue weighted by Gasteiger charge is -2.29. The number of carboxylic acids is 2. The quantitative estimate of drug-likeness (QED) is 0.628. The fourth-order valence-corrected chi connectivity index (χ4v) is 3.64. The summed E-state index contributed by atoms with van der Waals surface area (Å²) in [6, 6.07) is 4.91. The van der Waals surface area contributed by atoms with Crippen molar-refractivity contribution in [1.29, 1.82) is 0 Å². The van der Waals surface area contributed by atoms with E-state index in [0.717, 1.165) is 31.6 Å². The molecule has 27 heavy (non-hydrogen) atoms. The Bertz CT molecular complexity index is 980. The Kier molecular flexibility index (Phi) is 5.09. The molecule has 142 valence electrons. The minimum Gasteiger partial charge on any atom is -0.478 e. The average molecular weight is 392 g/mol. The molecule has 1 saturated heterocycles. The topological polar surface area (TPSA) is 137 Å². The number of pyridine rings is 1. The lowest BCUT2D eigenvalue weighted by molar-refractivity contribution is 0.0695. The van der Waals surface area contributed by atoms with E-state index in [-0.39, 0.29) is 16.1 Å². The summed E-state index contributed by atoms with van der Waals surface area (Å²) in [7, 11) is 0. The highest BCUT2D eigenvalue weighted by atomic mass is 35.5. The molecule has 9 heteroatoms. The molecule has 0 spiro atoms. The second kappa shape index (κ2) is 7.32. The summed E-state index contributed by atoms with van der Waals surface area (Å²) in [5.74, 6) is -3.45. The molecular formula is C18H18ClN3O5. The predicted octanol–water partition coefficient (Wildman–Crippen LogP) is 2.66. The van der Waals surface area contributed by atoms with Crippen LogP contribution in [0.3, 0.4) is 0 Å². The molecule has 0 radical (unpaired) electrons. The smallest absolute Gasteiger partial charge is 0.342 e. The van der Waals surface area contributed by atoms with Crippen LogP contribution >= 0.6 is 11.6 Å². The summed E-state index contributed by atoms with van der Waals surface area (Å²) in [6.45, 7) is 1.77. The Morgan fingerprint density at radius 2 is 1.70 bits per heavy atom. The third-order valence-corrected chi connectivity index (χ3v) is 4.93. The number of piperidine rings is 1. The third kappa shape index (κ3) is 3.48. The number of anilines is 2. The van der Waals surface area contributed by atoms with Gasteiger partial charge >= 0.3 is 11.9 Å². The van der Waals surface area contributed by atoms with Gasteiger partial charge in [0.15, 0.2) is 0 Å². The number of halogens is 1. The van der Waals surface area contributed by atoms with Gasteiger partial charge in [0.25, 0.3) is 5.56 Å². The Morgan fingerprint density at radius 1 is 1.07 bits per heavy atom. The first-order valence-corrected chi connectivity index (χ1v) is 8.76. The Morgan fingerprint density at radius 3 is 2.26 bits per heavy atom. The first kappa shape index (κ1) is 18.8. The van der Waals surface area contributed by atoms with Gasteiger partial charge in [0.2, 0.25) is 0 Å². The van der Waals surface area contributed by atoms with Crippen molar-refractivity contribution in [3.05, 3.63) is 44.7 Å². The van der Waals surface area contributed by atoms with Crippen LogP contribution in [0, 0.1) is 0 Å². The molecule has 1 aromatic heterocycles. The molecule has 2 heterocycles. The van der Waals surface area contributed by atoms with Crippen molar-refractivity contribution in [2.24, 2.45) is 0 Å². The minimum absolute atomic E-state index is 0.130. The fourth-order valence-electron chi connectivity index (χ4n) is 3.37. The monoisotopic (exact) mass is 391 g/mol. The van der Waals surface area contributed by atoms with Crippen LogP contribution in [-0.2, 0) is 0 Å². The van der Waals surface area contributed by atoms with E-state index in [4.69, 9.17) is 17.3 Å². The highest BCUT2D eigenvalue weighted by molar-refractivity contribution is 6.34. The zero-order valence-electron chi connectivity index (χ0n) is 14.3. The number of benzene rings is 1. The second-order valence-corrected chi connectivity index (χ2v) is 6.72. The maximum Gasteiger partial charge on any atom is 0.342 e. The SMILES string of the molecule is Nc1[nH]c(=O)c(C(=O)O)c(-c2ccc(N3CCCCC3)cc2Cl)c1C(=O)O. The van der Waals surface area contributed by atoms with Gasteiger partial charge in [0.1, 0.15) is 16.9 Å². The number of nitrogens with zero attached hydrogens (tertiary/aromatic N) is 1. The van der Waals surface area contributed by atoms with Crippen molar-refractivity contribution >= 4 is 35.0 Å². The van der Waals surface area contributed by atoms with Crippen molar-refractivity contribution in [3.63, 3.8) is 0 Å². The highest BCUT2D eigenvalue weighted by Crippen LogP contribution is 2.36. The van der Waals surface area contributed by atoms with Crippen LogP contribution in [-0.4, -0.2) is 40.2 Å². The molecule has 0 saturated carbocycles. The molecule has 8 nitrogen and oxygen atoms in total. The average Bonchev–Trinajstić information content (AvgIpc) is 2.61. The van der Waals surface area contributed by atoms with Crippen molar-refractivity contribution < 1.29 is 19.8 Å². The van der Waals surface area contributed by atoms with E-state index < -0.39 is 34.4 Å². The van der Waals surface area contributed by atoms with E-state index >= 15 is 0 Å². The molecule has 1 aliphatic rings. The van der Waals surface area contributed by atoms with Crippen LogP contribution in [0.15, 0.2) is 23.0 Å². The number of carboxylic acid groups (broad SMARTS) is 2. The number of aromatic nitrogens is 1. The molecule has 0 unspecified atom stereocenters. The number of carbonyl (C=O) groups is 2. The number of rotatable bonds is 4. The van der Waals surface area contributed by atoms with Crippen molar-refractivity contribution in [2.75, 3.05) is 23.7 Å². The summed E-state index contributed by atoms with van der Waals surface area (Å²) < 4.78 is 0. The first-order chi connectivity index (χ1) is 12.8. The maximum atomic E-state index is 12.1. The van der Waals surface area contributed by atoms with Crippen molar-refractivity contribution in [1.82, 2.24) is 4.98 Å². The summed E-state index contributed by atoms with van der Waals surface area (Å²) in [5, 5.41) is 19.1. The van der Waals surface area contributed by atoms with E-state index in [1.54, 1.807) is 12.1 Å². The van der Waals surface area contributed by atoms with E-state index in [1.807, 2.05) is 0 Å². The summed E-state index contributed by atoms with van der Waals surface area (Å²) >= 11 is 6.38. The van der Waals surface area contributed by atoms with Crippen molar-refractivity contribution in [3.8, 4) is 11.1 Å². The largest absolute Gasteiger partial charge is 0.478 e. The molecular weight excluding hydrogens is 374 g/mol. The molecule has 1 aromatic carbocycles. The van der Waals surface area contributed by atoms with Crippen LogP contribution in [0.2, 0.25) is 5.02 Å². The van der Waals surface area contributed by atoms with Gasteiger partial charge in [-0.15, -0.1) is 0 Å². The van der Waals surface area contributed by atoms with Crippen molar-refractivity contribution in [2.45, 2.75) is 19.3 Å². The van der Waals surface area contributed by atoms with Gasteiger partial charge < -0.3 is 25.8 Å². The number of nitrogens with one attached hydrogen (secondary N) is 1. The molecule has 5 N–H and O–H groups in total. The standard InChI is InChI=1S/C18H18ClN3O5/c19-11-8-9(22-6-2-1-3-7-22)4-5-10(11)12-13(17(24)25)15(20)21-16(23)14(12)18(26)27/h4-5,8H,1-3,6-7H2,(H,24,25)(H,26,27)(H3,20,21,23). The molecule has 0 atom stereocenters. The lowest BCUT2D eigenvalue weighted by Crippen LogP contribution is -2.29. The number of nitrogens with two attached hydrogens (primary N) is 1. The summed E-state index contributed by atoms with van der Waals surface area (Å²) in [4.78, 5) is 39.6. The van der Waals surface area contributed by atoms with Gasteiger partial charge in [0, 0.05) is 29.9 Å². The number of aromatic carboxylic acids is 2. The van der Waals surface area contributed by atoms with Crippen LogP contribution in [0.4, 0.5) is 11.5 Å². The van der Waals surface area contributed by atoms with Gasteiger partial charge in [-0.25, -0.2) is 9.59 Å². The predicted molar refractivity (Wildman–Crippen MR) is 102 cm³/mol. The molecule has 0 amide bonds. The van der Waals surface area contributed by atoms with Crippen LogP contribution < -0.4 is 16.2 Å². The zero-order chi connectivity index (χ0) is 19.7. The molecule has 3 rings (SSSR count). The Labute approximate surface area is 159 Å². The van der Waals surface area contributed by atoms with E-state index in [1.165, 1.54) is 12.5 Å². The van der Waals surface area contributed by atoms with Crippen LogP contribution in [0.25, 0.3) is 11.1 Å². The van der Waals surface area contributed by atoms with E-state index in [2.05, 4.69) is 9.88 Å². The van der Waals surface area contributed by atoms with E-state index in [9.17, 15) is 24.6 Å². The van der Waals surface area contributed by atoms with Crippen LogP contribution in [0.1, 0.15) is 40.0 Å². The molecule has 1 aliphatic heterocycles. The number of nitrogen functional groups attached to an aromatic ring is 1. The molecule has 0 bridgehead atoms. The van der Waals surface area contributed by atoms with Gasteiger partial charge in [-0.1, -0.05) is 17.7 Å². The fraction of sp³-hybridized carbons (Fsp3) is 0.278. The first-order valence-electron chi connectivity index (χ1n) is 8.38. The van der Waals surface area contributed by atoms with E-state index in [0.29, 0.717) is 0 Å². The number of hydrogen-bond donors (Lipinski definition) is 4. The van der Waals surface area contributed by atoms with Gasteiger partial charge in [-0.3, -0.25) is 4.79 Å². The summed E-state index contributed by atoms with van der Waals surface area (Å²) in [5.41, 5.74) is 4.13. The maximum absolute atomic E-state index is 12.1. The lowest BCUT2D eigenvalue weighted by atomic mass is 9.95. The molecule has 0 aliphatic carbocycles. The normalized spacial score (nSPS) is 14.2. The zero-order valence-corrected chi connectivity index (χ0v) is 15.0. The van der Waals surface area contributed by atoms with Gasteiger partial charge in [-0.05, 0) is 31.4 Å². The number of aromatic amines is 1. The number of hydrogen-bond acceptors (Lipinski definition) is 5. The Balaban J connectivity index is 2.22. The van der Waals surface area contributed by atoms with Gasteiger partial charge in [-0.2, -0.15) is 0 Å². The highest BCUT2D eigenvalue weighted by Gasteiger charge is 2.28.